The van der Waals surface area contributed by atoms with E-state index in [1.807, 2.05) is 30.7 Å². The van der Waals surface area contributed by atoms with Crippen molar-refractivity contribution in [1.29, 1.82) is 0 Å². The van der Waals surface area contributed by atoms with Crippen LogP contribution in [0.4, 0.5) is 0 Å². The van der Waals surface area contributed by atoms with Gasteiger partial charge >= 0.3 is 50.8 Å². The summed E-state index contributed by atoms with van der Waals surface area (Å²) in [5, 5.41) is -1.56. The predicted molar refractivity (Wildman–Crippen MR) is 211 cm³/mol. The fourth-order valence-corrected chi connectivity index (χ4v) is 11.6. The van der Waals surface area contributed by atoms with Gasteiger partial charge in [0, 0.05) is 43.8 Å². The van der Waals surface area contributed by atoms with E-state index < -0.39 is 82.1 Å². The van der Waals surface area contributed by atoms with E-state index in [0.29, 0.717) is 21.9 Å². The molecule has 0 amide bonds. The summed E-state index contributed by atoms with van der Waals surface area (Å²) >= 11 is 3.78. The number of H-pyrrole nitrogens is 2. The van der Waals surface area contributed by atoms with Crippen LogP contribution >= 0.6 is 20.1 Å². The van der Waals surface area contributed by atoms with E-state index in [2.05, 4.69) is 50.0 Å². The molecule has 0 saturated carbocycles. The summed E-state index contributed by atoms with van der Waals surface area (Å²) in [6.07, 6.45) is 0. The second-order valence-corrected chi connectivity index (χ2v) is 17.4. The number of nitrogens with one attached hydrogen (secondary N) is 2. The van der Waals surface area contributed by atoms with Crippen LogP contribution in [-0.4, -0.2) is 122 Å². The Morgan fingerprint density at radius 1 is 0.383 bits per heavy atom. The van der Waals surface area contributed by atoms with Gasteiger partial charge in [0.2, 0.25) is 0 Å². The van der Waals surface area contributed by atoms with E-state index in [1.165, 1.54) is 12.1 Å². The third-order valence-electron chi connectivity index (χ3n) is 8.82. The number of hydrogen-bond donors (Lipinski definition) is 2. The summed E-state index contributed by atoms with van der Waals surface area (Å²) in [5.74, 6) is -0.637. The maximum atomic E-state index is 13.0. The number of aromatic nitrogens is 8. The Bertz CT molecular complexity index is 3400. The third-order valence-corrected chi connectivity index (χ3v) is 12.8. The van der Waals surface area contributed by atoms with Crippen molar-refractivity contribution in [2.45, 2.75) is 19.6 Å². The van der Waals surface area contributed by atoms with E-state index in [1.54, 1.807) is 60.7 Å². The summed E-state index contributed by atoms with van der Waals surface area (Å²) in [4.78, 5) is 23.0. The number of hydrogen-bond acceptors (Lipinski definition) is 18. The number of nitrogens with zero attached hydrogens (tertiary/aromatic N) is 6. The van der Waals surface area contributed by atoms with Gasteiger partial charge < -0.3 is 28.2 Å². The molecule has 20 nitrogen and oxygen atoms in total. The molecule has 2 N–H and O–H groups in total. The zero-order valence-electron chi connectivity index (χ0n) is 29.1. The van der Waals surface area contributed by atoms with Crippen LogP contribution in [0.2, 0.25) is 0 Å². The normalized spacial score (nSPS) is 12.6. The van der Waals surface area contributed by atoms with E-state index in [4.69, 9.17) is 9.97 Å². The van der Waals surface area contributed by atoms with Crippen LogP contribution in [0, 0.1) is 0 Å². The van der Waals surface area contributed by atoms with Crippen molar-refractivity contribution in [3.05, 3.63) is 72.8 Å². The summed E-state index contributed by atoms with van der Waals surface area (Å²) in [7, 11) is -16.9. The Balaban J connectivity index is 0.00000132. The third kappa shape index (κ3) is 7.48. The van der Waals surface area contributed by atoms with Gasteiger partial charge in [0.25, 0.3) is 0 Å². The summed E-state index contributed by atoms with van der Waals surface area (Å²) < 4.78 is 154. The molecule has 2 aliphatic rings. The first kappa shape index (κ1) is 43.6. The summed E-state index contributed by atoms with van der Waals surface area (Å²) in [5.41, 5.74) is -0.283. The van der Waals surface area contributed by atoms with E-state index >= 15 is 0 Å². The predicted octanol–water partition coefficient (Wildman–Crippen LogP) is 3.10. The number of aromatic amines is 2. The first-order valence-electron chi connectivity index (χ1n) is 15.9. The molecule has 0 spiro atoms. The molecule has 7 aromatic rings. The molecule has 60 heavy (non-hydrogen) atoms. The summed E-state index contributed by atoms with van der Waals surface area (Å²) in [6, 6.07) is 19.6. The Hall–Kier alpha value is -4.48. The SMILES string of the molecule is O=S(=O)([O-])c1c(S(=O)(=O)[O-])c(S(=O)(=O)[O-])c2c3nc4nc(nc5[nH]c(nc6nc(nc([nH]3)c2c1S(=O)(=O)[O-])-c1ccccc1-6)c1ccccc51)-c1ccccc1-4.[Al+2][Cl].[Al+2][Cl]. The molecule has 3 aromatic heterocycles. The number of rotatable bonds is 4. The maximum absolute atomic E-state index is 13.0. The molecule has 9 rings (SSSR count). The molecule has 0 saturated heterocycles. The van der Waals surface area contributed by atoms with Crippen LogP contribution in [0.25, 0.3) is 89.7 Å². The zero-order chi connectivity index (χ0) is 43.7. The zero-order valence-corrected chi connectivity index (χ0v) is 36.1. The van der Waals surface area contributed by atoms with Crippen molar-refractivity contribution < 1.29 is 51.9 Å². The van der Waals surface area contributed by atoms with Crippen LogP contribution < -0.4 is 0 Å². The van der Waals surface area contributed by atoms with Gasteiger partial charge in [-0.05, 0) is 0 Å². The topological polar surface area (TPSA) is 338 Å². The molecule has 0 aliphatic carbocycles. The standard InChI is InChI=1S/C32H18N8O12S4.2Al.2ClH/c41-53(42,43)21-19-20(22(54(44,45)46)24(56(50,51)52)23(21)55(47,48)49)32-39-30-18-12-6-4-10-16(18)28(37-30)35-26-14-8-2-1-7-13(14)25(33-26)34-27-15-9-3-5-11-17(15)29(36-27)38-31(19)40-32;;;;/h1-12H,(H,41,42,43)(H,44,45,46)(H,47,48,49)(H,50,51,52)(H2,33,34,35,36,37,38,39,40);;;2*1H/q;2*+3;;/p-6. The number of benzene rings is 4. The Morgan fingerprint density at radius 2 is 0.633 bits per heavy atom. The minimum absolute atomic E-state index is 0.00648. The van der Waals surface area contributed by atoms with Gasteiger partial charge in [-0.3, -0.25) is 0 Å². The van der Waals surface area contributed by atoms with Crippen LogP contribution in [0.3, 0.4) is 0 Å². The Kier molecular flexibility index (Phi) is 11.5. The molecule has 298 valence electrons. The van der Waals surface area contributed by atoms with Gasteiger partial charge in [-0.25, -0.2) is 63.6 Å². The fraction of sp³-hybridized carbons (Fsp3) is 0. The van der Waals surface area contributed by atoms with E-state index in [9.17, 15) is 51.9 Å². The molecule has 28 heteroatoms. The number of fused-ring (bicyclic) bond motifs is 20. The molecule has 0 fully saturated rings. The van der Waals surface area contributed by atoms with Crippen LogP contribution in [0.5, 0.6) is 0 Å². The van der Waals surface area contributed by atoms with Gasteiger partial charge in [-0.1, -0.05) is 72.8 Å². The molecule has 5 heterocycles. The summed E-state index contributed by atoms with van der Waals surface area (Å²) in [6.45, 7) is 0. The van der Waals surface area contributed by atoms with Crippen molar-refractivity contribution in [2.24, 2.45) is 0 Å². The van der Waals surface area contributed by atoms with Gasteiger partial charge in [0.05, 0.1) is 19.6 Å². The minimum atomic E-state index is -6.60. The van der Waals surface area contributed by atoms with Crippen molar-refractivity contribution in [2.75, 3.05) is 0 Å². The molecule has 0 atom stereocenters. The molecule has 0 unspecified atom stereocenters. The van der Waals surface area contributed by atoms with Crippen molar-refractivity contribution in [3.8, 4) is 45.6 Å². The Labute approximate surface area is 362 Å². The van der Waals surface area contributed by atoms with Crippen molar-refractivity contribution >= 4 is 135 Å². The van der Waals surface area contributed by atoms with Crippen LogP contribution in [0.1, 0.15) is 0 Å². The van der Waals surface area contributed by atoms with Crippen LogP contribution in [0.15, 0.2) is 92.4 Å². The molecular weight excluding hydrogens is 942 g/mol. The second kappa shape index (κ2) is 15.8. The first-order chi connectivity index (χ1) is 28.3. The van der Waals surface area contributed by atoms with Crippen LogP contribution in [-0.2, 0) is 40.5 Å². The number of halogens is 2. The van der Waals surface area contributed by atoms with Crippen molar-refractivity contribution in [1.82, 2.24) is 39.9 Å². The molecule has 4 aromatic carbocycles. The monoisotopic (exact) mass is 954 g/mol. The molecular formula is C32H14Al2Cl2N8O12S4. The van der Waals surface area contributed by atoms with Gasteiger partial charge in [-0.15, -0.1) is 0 Å². The second-order valence-electron chi connectivity index (χ2n) is 12.1. The van der Waals surface area contributed by atoms with E-state index in [0.717, 1.165) is 0 Å². The quantitative estimate of drug-likeness (QED) is 0.189. The Morgan fingerprint density at radius 3 is 0.917 bits per heavy atom. The van der Waals surface area contributed by atoms with Crippen molar-refractivity contribution in [3.63, 3.8) is 0 Å². The molecule has 8 bridgehead atoms. The molecule has 2 aliphatic heterocycles. The van der Waals surface area contributed by atoms with Gasteiger partial charge in [-0.2, -0.15) is 0 Å². The molecule has 0 radical (unpaired) electrons. The van der Waals surface area contributed by atoms with E-state index in [-0.39, 0.29) is 45.7 Å². The average molecular weight is 956 g/mol. The van der Waals surface area contributed by atoms with Gasteiger partial charge in [0.15, 0.2) is 23.3 Å². The average Bonchev–Trinajstić information content (AvgIpc) is 3.93. The first-order valence-corrected chi connectivity index (χ1v) is 25.0. The fourth-order valence-electron chi connectivity index (χ4n) is 6.72. The van der Waals surface area contributed by atoms with Gasteiger partial charge in [0.1, 0.15) is 63.1 Å².